The number of methoxy groups -OCH3 is 1. The van der Waals surface area contributed by atoms with Crippen molar-refractivity contribution in [3.63, 3.8) is 0 Å². The highest BCUT2D eigenvalue weighted by molar-refractivity contribution is 5.94. The molecule has 1 atom stereocenters. The molecule has 17 heavy (non-hydrogen) atoms. The van der Waals surface area contributed by atoms with Crippen LogP contribution in [-0.2, 0) is 0 Å². The SMILES string of the molecule is COc1ccc(C(=O)N2CCC[C@@H](C)C2)cc1. The Hall–Kier alpha value is -1.51. The van der Waals surface area contributed by atoms with Gasteiger partial charge in [-0.2, -0.15) is 0 Å². The molecule has 0 unspecified atom stereocenters. The fourth-order valence-corrected chi connectivity index (χ4v) is 2.29. The highest BCUT2D eigenvalue weighted by Crippen LogP contribution is 2.19. The minimum Gasteiger partial charge on any atom is -0.497 e. The maximum atomic E-state index is 12.2. The zero-order valence-electron chi connectivity index (χ0n) is 10.5. The van der Waals surface area contributed by atoms with Crippen LogP contribution in [0.4, 0.5) is 0 Å². The first-order chi connectivity index (χ1) is 8.20. The summed E-state index contributed by atoms with van der Waals surface area (Å²) < 4.78 is 5.09. The van der Waals surface area contributed by atoms with Crippen LogP contribution in [0.25, 0.3) is 0 Å². The summed E-state index contributed by atoms with van der Waals surface area (Å²) >= 11 is 0. The molecule has 1 amide bonds. The van der Waals surface area contributed by atoms with Crippen molar-refractivity contribution in [1.82, 2.24) is 4.90 Å². The van der Waals surface area contributed by atoms with Gasteiger partial charge in [-0.3, -0.25) is 4.79 Å². The van der Waals surface area contributed by atoms with E-state index in [1.54, 1.807) is 7.11 Å². The summed E-state index contributed by atoms with van der Waals surface area (Å²) in [4.78, 5) is 14.2. The Balaban J connectivity index is 2.07. The van der Waals surface area contributed by atoms with Crippen molar-refractivity contribution in [3.05, 3.63) is 29.8 Å². The number of hydrogen-bond acceptors (Lipinski definition) is 2. The predicted molar refractivity (Wildman–Crippen MR) is 67.3 cm³/mol. The van der Waals surface area contributed by atoms with Crippen LogP contribution < -0.4 is 4.74 Å². The molecule has 2 rings (SSSR count). The van der Waals surface area contributed by atoms with Gasteiger partial charge in [0.05, 0.1) is 7.11 Å². The first-order valence-corrected chi connectivity index (χ1v) is 6.14. The van der Waals surface area contributed by atoms with Gasteiger partial charge in [-0.15, -0.1) is 0 Å². The van der Waals surface area contributed by atoms with Gasteiger partial charge in [0.15, 0.2) is 0 Å². The average Bonchev–Trinajstić information content (AvgIpc) is 2.38. The first kappa shape index (κ1) is 12.0. The molecule has 0 N–H and O–H groups in total. The summed E-state index contributed by atoms with van der Waals surface area (Å²) in [5.41, 5.74) is 0.750. The maximum absolute atomic E-state index is 12.2. The van der Waals surface area contributed by atoms with E-state index >= 15 is 0 Å². The van der Waals surface area contributed by atoms with Gasteiger partial charge in [0.1, 0.15) is 5.75 Å². The number of hydrogen-bond donors (Lipinski definition) is 0. The highest BCUT2D eigenvalue weighted by atomic mass is 16.5. The Labute approximate surface area is 102 Å². The van der Waals surface area contributed by atoms with E-state index in [1.807, 2.05) is 29.2 Å². The quantitative estimate of drug-likeness (QED) is 0.785. The van der Waals surface area contributed by atoms with Crippen molar-refractivity contribution in [2.75, 3.05) is 20.2 Å². The van der Waals surface area contributed by atoms with Crippen LogP contribution in [0.15, 0.2) is 24.3 Å². The number of piperidine rings is 1. The van der Waals surface area contributed by atoms with E-state index in [4.69, 9.17) is 4.74 Å². The van der Waals surface area contributed by atoms with Crippen molar-refractivity contribution >= 4 is 5.91 Å². The van der Waals surface area contributed by atoms with Gasteiger partial charge in [0, 0.05) is 18.7 Å². The molecule has 0 saturated carbocycles. The zero-order valence-corrected chi connectivity index (χ0v) is 10.5. The van der Waals surface area contributed by atoms with Gasteiger partial charge in [0.25, 0.3) is 5.91 Å². The smallest absolute Gasteiger partial charge is 0.253 e. The molecule has 1 heterocycles. The third kappa shape index (κ3) is 2.78. The van der Waals surface area contributed by atoms with Gasteiger partial charge in [-0.05, 0) is 43.0 Å². The van der Waals surface area contributed by atoms with E-state index in [0.717, 1.165) is 30.8 Å². The summed E-state index contributed by atoms with van der Waals surface area (Å²) in [6, 6.07) is 7.34. The second kappa shape index (κ2) is 5.21. The molecule has 0 bridgehead atoms. The van der Waals surface area contributed by atoms with Crippen LogP contribution in [0.1, 0.15) is 30.1 Å². The van der Waals surface area contributed by atoms with Crippen molar-refractivity contribution in [3.8, 4) is 5.75 Å². The monoisotopic (exact) mass is 233 g/mol. The Morgan fingerprint density at radius 3 is 2.65 bits per heavy atom. The van der Waals surface area contributed by atoms with E-state index < -0.39 is 0 Å². The highest BCUT2D eigenvalue weighted by Gasteiger charge is 2.21. The fourth-order valence-electron chi connectivity index (χ4n) is 2.29. The topological polar surface area (TPSA) is 29.5 Å². The van der Waals surface area contributed by atoms with Gasteiger partial charge in [0.2, 0.25) is 0 Å². The molecule has 1 aliphatic heterocycles. The molecule has 0 spiro atoms. The van der Waals surface area contributed by atoms with Gasteiger partial charge >= 0.3 is 0 Å². The third-order valence-corrected chi connectivity index (χ3v) is 3.28. The second-order valence-electron chi connectivity index (χ2n) is 4.73. The molecular weight excluding hydrogens is 214 g/mol. The van der Waals surface area contributed by atoms with E-state index in [1.165, 1.54) is 6.42 Å². The number of likely N-dealkylation sites (tertiary alicyclic amines) is 1. The number of carbonyl (C=O) groups is 1. The van der Waals surface area contributed by atoms with Crippen LogP contribution in [0.5, 0.6) is 5.75 Å². The summed E-state index contributed by atoms with van der Waals surface area (Å²) in [7, 11) is 1.63. The summed E-state index contributed by atoms with van der Waals surface area (Å²) in [5, 5.41) is 0. The normalized spacial score (nSPS) is 20.1. The van der Waals surface area contributed by atoms with Crippen LogP contribution in [0, 0.1) is 5.92 Å². The number of amides is 1. The maximum Gasteiger partial charge on any atom is 0.253 e. The summed E-state index contributed by atoms with van der Waals surface area (Å²) in [5.74, 6) is 1.54. The standard InChI is InChI=1S/C14H19NO2/c1-11-4-3-9-15(10-11)14(16)12-5-7-13(17-2)8-6-12/h5-8,11H,3-4,9-10H2,1-2H3/t11-/m1/s1. The van der Waals surface area contributed by atoms with E-state index in [9.17, 15) is 4.79 Å². The van der Waals surface area contributed by atoms with Gasteiger partial charge in [-0.1, -0.05) is 6.92 Å². The molecule has 1 fully saturated rings. The number of rotatable bonds is 2. The van der Waals surface area contributed by atoms with E-state index in [2.05, 4.69) is 6.92 Å². The third-order valence-electron chi connectivity index (χ3n) is 3.28. The molecule has 92 valence electrons. The Kier molecular flexibility index (Phi) is 3.67. The first-order valence-electron chi connectivity index (χ1n) is 6.14. The van der Waals surface area contributed by atoms with E-state index in [-0.39, 0.29) is 5.91 Å². The van der Waals surface area contributed by atoms with E-state index in [0.29, 0.717) is 5.92 Å². The Morgan fingerprint density at radius 2 is 2.06 bits per heavy atom. The Bertz CT molecular complexity index is 386. The Morgan fingerprint density at radius 1 is 1.35 bits per heavy atom. The fraction of sp³-hybridized carbons (Fsp3) is 0.500. The summed E-state index contributed by atoms with van der Waals surface area (Å²) in [6.07, 6.45) is 2.34. The lowest BCUT2D eigenvalue weighted by molar-refractivity contribution is 0.0683. The number of ether oxygens (including phenoxy) is 1. The molecule has 1 aromatic carbocycles. The van der Waals surface area contributed by atoms with Gasteiger partial charge < -0.3 is 9.64 Å². The molecule has 0 aromatic heterocycles. The minimum atomic E-state index is 0.138. The number of nitrogens with zero attached hydrogens (tertiary/aromatic N) is 1. The lowest BCUT2D eigenvalue weighted by Crippen LogP contribution is -2.39. The van der Waals surface area contributed by atoms with Crippen LogP contribution >= 0.6 is 0 Å². The minimum absolute atomic E-state index is 0.138. The molecular formula is C14H19NO2. The van der Waals surface area contributed by atoms with Crippen LogP contribution in [0.2, 0.25) is 0 Å². The van der Waals surface area contributed by atoms with Crippen molar-refractivity contribution in [2.24, 2.45) is 5.92 Å². The molecule has 1 saturated heterocycles. The summed E-state index contributed by atoms with van der Waals surface area (Å²) in [6.45, 7) is 3.97. The lowest BCUT2D eigenvalue weighted by atomic mass is 9.99. The second-order valence-corrected chi connectivity index (χ2v) is 4.73. The zero-order chi connectivity index (χ0) is 12.3. The van der Waals surface area contributed by atoms with Crippen LogP contribution in [-0.4, -0.2) is 31.0 Å². The number of benzene rings is 1. The molecule has 1 aliphatic rings. The van der Waals surface area contributed by atoms with Crippen molar-refractivity contribution < 1.29 is 9.53 Å². The lowest BCUT2D eigenvalue weighted by Gasteiger charge is -2.31. The molecule has 3 nitrogen and oxygen atoms in total. The average molecular weight is 233 g/mol. The molecule has 3 heteroatoms. The molecule has 1 aromatic rings. The van der Waals surface area contributed by atoms with Crippen molar-refractivity contribution in [1.29, 1.82) is 0 Å². The number of carbonyl (C=O) groups excluding carboxylic acids is 1. The largest absolute Gasteiger partial charge is 0.497 e. The molecule has 0 radical (unpaired) electrons. The van der Waals surface area contributed by atoms with Gasteiger partial charge in [-0.25, -0.2) is 0 Å². The van der Waals surface area contributed by atoms with Crippen molar-refractivity contribution in [2.45, 2.75) is 19.8 Å². The van der Waals surface area contributed by atoms with Crippen LogP contribution in [0.3, 0.4) is 0 Å². The molecule has 0 aliphatic carbocycles. The predicted octanol–water partition coefficient (Wildman–Crippen LogP) is 2.57.